The molecule has 1 saturated heterocycles. The van der Waals surface area contributed by atoms with Gasteiger partial charge in [0.1, 0.15) is 0 Å². The van der Waals surface area contributed by atoms with Gasteiger partial charge in [0, 0.05) is 37.8 Å². The molecule has 1 heterocycles. The fourth-order valence-corrected chi connectivity index (χ4v) is 2.78. The number of nitrogens with one attached hydrogen (secondary N) is 1. The van der Waals surface area contributed by atoms with E-state index in [4.69, 9.17) is 4.74 Å². The largest absolute Gasteiger partial charge is 0.381 e. The molecule has 1 aliphatic heterocycles. The summed E-state index contributed by atoms with van der Waals surface area (Å²) in [6.07, 6.45) is 1.18. The van der Waals surface area contributed by atoms with Crippen molar-refractivity contribution in [2.24, 2.45) is 5.92 Å². The molecule has 1 fully saturated rings. The number of ether oxygens (including phenoxy) is 1. The van der Waals surface area contributed by atoms with Crippen LogP contribution in [0.4, 0.5) is 5.69 Å². The Labute approximate surface area is 116 Å². The first-order chi connectivity index (χ1) is 9.20. The Balaban J connectivity index is 1.99. The number of hydrogen-bond acceptors (Lipinski definition) is 3. The highest BCUT2D eigenvalue weighted by molar-refractivity contribution is 5.47. The monoisotopic (exact) mass is 262 g/mol. The van der Waals surface area contributed by atoms with Gasteiger partial charge in [0.15, 0.2) is 0 Å². The fourth-order valence-electron chi connectivity index (χ4n) is 2.78. The number of benzene rings is 1. The number of rotatable bonds is 6. The van der Waals surface area contributed by atoms with E-state index in [1.54, 1.807) is 0 Å². The molecule has 0 radical (unpaired) electrons. The zero-order valence-corrected chi connectivity index (χ0v) is 12.4. The highest BCUT2D eigenvalue weighted by Crippen LogP contribution is 2.20. The first-order valence-corrected chi connectivity index (χ1v) is 7.29. The Kier molecular flexibility index (Phi) is 5.23. The lowest BCUT2D eigenvalue weighted by Crippen LogP contribution is -2.45. The molecular weight excluding hydrogens is 236 g/mol. The van der Waals surface area contributed by atoms with Gasteiger partial charge < -0.3 is 15.0 Å². The van der Waals surface area contributed by atoms with Crippen molar-refractivity contribution in [3.05, 3.63) is 29.8 Å². The van der Waals surface area contributed by atoms with E-state index in [-0.39, 0.29) is 0 Å². The molecule has 1 aromatic carbocycles. The average molecular weight is 262 g/mol. The van der Waals surface area contributed by atoms with E-state index in [1.807, 2.05) is 0 Å². The van der Waals surface area contributed by atoms with Crippen LogP contribution in [-0.4, -0.2) is 39.4 Å². The summed E-state index contributed by atoms with van der Waals surface area (Å²) in [4.78, 5) is 2.35. The van der Waals surface area contributed by atoms with Gasteiger partial charge in [-0.1, -0.05) is 19.1 Å². The number of anilines is 1. The van der Waals surface area contributed by atoms with Crippen molar-refractivity contribution in [2.75, 3.05) is 38.3 Å². The second-order valence-electron chi connectivity index (χ2n) is 5.51. The molecule has 0 saturated carbocycles. The molecular formula is C16H26N2O. The van der Waals surface area contributed by atoms with E-state index in [9.17, 15) is 0 Å². The Morgan fingerprint density at radius 3 is 2.95 bits per heavy atom. The minimum atomic E-state index is 0.512. The summed E-state index contributed by atoms with van der Waals surface area (Å²) in [6.45, 7) is 8.19. The number of hydrogen-bond donors (Lipinski definition) is 1. The summed E-state index contributed by atoms with van der Waals surface area (Å²) in [5, 5.41) is 3.62. The summed E-state index contributed by atoms with van der Waals surface area (Å²) >= 11 is 0. The molecule has 0 bridgehead atoms. The molecule has 19 heavy (non-hydrogen) atoms. The third kappa shape index (κ3) is 3.95. The van der Waals surface area contributed by atoms with Crippen molar-refractivity contribution in [1.29, 1.82) is 0 Å². The summed E-state index contributed by atoms with van der Waals surface area (Å²) in [6, 6.07) is 9.21. The minimum Gasteiger partial charge on any atom is -0.381 e. The van der Waals surface area contributed by atoms with Crippen LogP contribution < -0.4 is 10.2 Å². The molecule has 3 nitrogen and oxygen atoms in total. The molecule has 3 heteroatoms. The smallest absolute Gasteiger partial charge is 0.0510 e. The lowest BCUT2D eigenvalue weighted by molar-refractivity contribution is 0.177. The molecule has 1 aromatic rings. The molecule has 1 aliphatic rings. The SMILES string of the molecule is CCNC(CN(C)c1cccc(C)c1)C1CCOC1. The second-order valence-corrected chi connectivity index (χ2v) is 5.51. The van der Waals surface area contributed by atoms with Crippen LogP contribution in [-0.2, 0) is 4.74 Å². The van der Waals surface area contributed by atoms with Crippen molar-refractivity contribution < 1.29 is 4.74 Å². The predicted molar refractivity (Wildman–Crippen MR) is 80.8 cm³/mol. The highest BCUT2D eigenvalue weighted by atomic mass is 16.5. The Hall–Kier alpha value is -1.06. The average Bonchev–Trinajstić information content (AvgIpc) is 2.92. The van der Waals surface area contributed by atoms with Crippen LogP contribution in [0.1, 0.15) is 18.9 Å². The normalized spacial score (nSPS) is 20.5. The van der Waals surface area contributed by atoms with Crippen LogP contribution in [0.15, 0.2) is 24.3 Å². The van der Waals surface area contributed by atoms with Crippen LogP contribution in [0.25, 0.3) is 0 Å². The van der Waals surface area contributed by atoms with Crippen molar-refractivity contribution in [1.82, 2.24) is 5.32 Å². The molecule has 2 rings (SSSR count). The maximum absolute atomic E-state index is 5.53. The molecule has 2 atom stereocenters. The third-order valence-electron chi connectivity index (χ3n) is 3.91. The maximum Gasteiger partial charge on any atom is 0.0510 e. The number of nitrogens with zero attached hydrogens (tertiary/aromatic N) is 1. The zero-order chi connectivity index (χ0) is 13.7. The topological polar surface area (TPSA) is 24.5 Å². The number of aryl methyl sites for hydroxylation is 1. The van der Waals surface area contributed by atoms with Crippen LogP contribution in [0, 0.1) is 12.8 Å². The van der Waals surface area contributed by atoms with Crippen LogP contribution in [0.2, 0.25) is 0 Å². The van der Waals surface area contributed by atoms with Crippen LogP contribution in [0.3, 0.4) is 0 Å². The van der Waals surface area contributed by atoms with Gasteiger partial charge in [0.2, 0.25) is 0 Å². The predicted octanol–water partition coefficient (Wildman–Crippen LogP) is 2.45. The van der Waals surface area contributed by atoms with E-state index >= 15 is 0 Å². The van der Waals surface area contributed by atoms with Crippen molar-refractivity contribution >= 4 is 5.69 Å². The Bertz CT molecular complexity index is 388. The van der Waals surface area contributed by atoms with E-state index < -0.39 is 0 Å². The maximum atomic E-state index is 5.53. The van der Waals surface area contributed by atoms with Crippen molar-refractivity contribution in [3.8, 4) is 0 Å². The first kappa shape index (κ1) is 14.4. The number of likely N-dealkylation sites (N-methyl/N-ethyl adjacent to an activating group) is 2. The van der Waals surface area contributed by atoms with E-state index in [0.717, 1.165) is 26.3 Å². The zero-order valence-electron chi connectivity index (χ0n) is 12.4. The molecule has 0 spiro atoms. The van der Waals surface area contributed by atoms with Gasteiger partial charge in [-0.3, -0.25) is 0 Å². The first-order valence-electron chi connectivity index (χ1n) is 7.29. The molecule has 0 amide bonds. The van der Waals surface area contributed by atoms with E-state index in [2.05, 4.69) is 55.4 Å². The lowest BCUT2D eigenvalue weighted by Gasteiger charge is -2.30. The van der Waals surface area contributed by atoms with Gasteiger partial charge in [-0.15, -0.1) is 0 Å². The fraction of sp³-hybridized carbons (Fsp3) is 0.625. The van der Waals surface area contributed by atoms with Crippen LogP contribution in [0.5, 0.6) is 0 Å². The standard InChI is InChI=1S/C16H26N2O/c1-4-17-16(14-8-9-19-12-14)11-18(3)15-7-5-6-13(2)10-15/h5-7,10,14,16-17H,4,8-9,11-12H2,1-3H3. The van der Waals surface area contributed by atoms with E-state index in [1.165, 1.54) is 17.7 Å². The minimum absolute atomic E-state index is 0.512. The van der Waals surface area contributed by atoms with Gasteiger partial charge in [0.05, 0.1) is 6.61 Å². The van der Waals surface area contributed by atoms with E-state index in [0.29, 0.717) is 12.0 Å². The summed E-state index contributed by atoms with van der Waals surface area (Å²) in [5.74, 6) is 0.646. The van der Waals surface area contributed by atoms with Gasteiger partial charge in [0.25, 0.3) is 0 Å². The molecule has 2 unspecified atom stereocenters. The highest BCUT2D eigenvalue weighted by Gasteiger charge is 2.26. The molecule has 106 valence electrons. The summed E-state index contributed by atoms with van der Waals surface area (Å²) in [7, 11) is 2.18. The third-order valence-corrected chi connectivity index (χ3v) is 3.91. The van der Waals surface area contributed by atoms with Crippen LogP contribution >= 0.6 is 0 Å². The quantitative estimate of drug-likeness (QED) is 0.852. The van der Waals surface area contributed by atoms with Crippen molar-refractivity contribution in [3.63, 3.8) is 0 Å². The van der Waals surface area contributed by atoms with Gasteiger partial charge in [-0.2, -0.15) is 0 Å². The summed E-state index contributed by atoms with van der Waals surface area (Å²) in [5.41, 5.74) is 2.61. The summed E-state index contributed by atoms with van der Waals surface area (Å²) < 4.78 is 5.53. The Morgan fingerprint density at radius 1 is 1.47 bits per heavy atom. The van der Waals surface area contributed by atoms with Gasteiger partial charge >= 0.3 is 0 Å². The van der Waals surface area contributed by atoms with Gasteiger partial charge in [-0.25, -0.2) is 0 Å². The molecule has 0 aliphatic carbocycles. The van der Waals surface area contributed by atoms with Gasteiger partial charge in [-0.05, 0) is 37.6 Å². The second kappa shape index (κ2) is 6.92. The molecule has 1 N–H and O–H groups in total. The Morgan fingerprint density at radius 2 is 2.32 bits per heavy atom. The van der Waals surface area contributed by atoms with Crippen molar-refractivity contribution in [2.45, 2.75) is 26.3 Å². The molecule has 0 aromatic heterocycles. The lowest BCUT2D eigenvalue weighted by atomic mass is 9.98.